The minimum absolute atomic E-state index is 0.0222. The van der Waals surface area contributed by atoms with Crippen molar-refractivity contribution < 1.29 is 18.7 Å². The Kier molecular flexibility index (Phi) is 5.52. The van der Waals surface area contributed by atoms with E-state index >= 15 is 0 Å². The molecule has 8 nitrogen and oxygen atoms in total. The summed E-state index contributed by atoms with van der Waals surface area (Å²) in [6.07, 6.45) is 0.367. The number of esters is 1. The zero-order valence-corrected chi connectivity index (χ0v) is 18.3. The normalized spacial score (nSPS) is 12.3. The van der Waals surface area contributed by atoms with E-state index in [9.17, 15) is 9.59 Å². The molecule has 3 aromatic heterocycles. The van der Waals surface area contributed by atoms with Crippen LogP contribution >= 0.6 is 0 Å². The van der Waals surface area contributed by atoms with Crippen LogP contribution < -0.4 is 5.73 Å². The zero-order valence-electron chi connectivity index (χ0n) is 18.3. The number of aromatic nitrogens is 3. The highest BCUT2D eigenvalue weighted by Crippen LogP contribution is 2.31. The Labute approximate surface area is 185 Å². The summed E-state index contributed by atoms with van der Waals surface area (Å²) < 4.78 is 13.0. The van der Waals surface area contributed by atoms with Crippen molar-refractivity contribution in [2.75, 3.05) is 0 Å². The van der Waals surface area contributed by atoms with Crippen LogP contribution in [0.15, 0.2) is 53.1 Å². The molecule has 0 aliphatic heterocycles. The predicted octanol–water partition coefficient (Wildman–Crippen LogP) is 4.27. The number of rotatable bonds is 6. The second-order valence-corrected chi connectivity index (χ2v) is 7.90. The van der Waals surface area contributed by atoms with Crippen LogP contribution in [0.3, 0.4) is 0 Å². The van der Waals surface area contributed by atoms with E-state index in [2.05, 4.69) is 5.10 Å². The first-order valence-corrected chi connectivity index (χ1v) is 10.3. The Morgan fingerprint density at radius 2 is 1.84 bits per heavy atom. The number of benzene rings is 1. The van der Waals surface area contributed by atoms with Crippen LogP contribution in [0, 0.1) is 13.8 Å². The van der Waals surface area contributed by atoms with Crippen LogP contribution in [0.5, 0.6) is 0 Å². The summed E-state index contributed by atoms with van der Waals surface area (Å²) in [7, 11) is 0. The molecule has 0 bridgehead atoms. The summed E-state index contributed by atoms with van der Waals surface area (Å²) in [6, 6.07) is 12.2. The van der Waals surface area contributed by atoms with Gasteiger partial charge in [0.1, 0.15) is 11.5 Å². The molecule has 4 rings (SSSR count). The van der Waals surface area contributed by atoms with E-state index in [0.717, 1.165) is 11.3 Å². The maximum atomic E-state index is 13.3. The van der Waals surface area contributed by atoms with E-state index in [1.54, 1.807) is 47.3 Å². The number of pyridine rings is 1. The summed E-state index contributed by atoms with van der Waals surface area (Å²) >= 11 is 0. The van der Waals surface area contributed by atoms with E-state index in [0.29, 0.717) is 28.1 Å². The molecule has 4 aromatic rings. The number of nitrogens with two attached hydrogens (primary N) is 1. The van der Waals surface area contributed by atoms with Gasteiger partial charge in [-0.15, -0.1) is 0 Å². The Morgan fingerprint density at radius 3 is 2.44 bits per heavy atom. The van der Waals surface area contributed by atoms with Gasteiger partial charge >= 0.3 is 5.97 Å². The van der Waals surface area contributed by atoms with Crippen LogP contribution in [0.4, 0.5) is 0 Å². The Bertz CT molecular complexity index is 1300. The molecule has 1 unspecified atom stereocenters. The standard InChI is InChI=1S/C24H24N4O4/c1-13(2)28-23-19(12-26-28)18(11-20(27-23)17-10-14(3)31-15(17)4)24(30)32-21(22(25)29)16-8-6-5-7-9-16/h5-13,21H,1-4H3,(H2,25,29). The molecular formula is C24H24N4O4. The van der Waals surface area contributed by atoms with Crippen molar-refractivity contribution in [3.63, 3.8) is 0 Å². The Morgan fingerprint density at radius 1 is 1.12 bits per heavy atom. The molecule has 164 valence electrons. The van der Waals surface area contributed by atoms with E-state index in [1.807, 2.05) is 33.8 Å². The number of aryl methyl sites for hydroxylation is 2. The second kappa shape index (κ2) is 8.30. The summed E-state index contributed by atoms with van der Waals surface area (Å²) in [5.74, 6) is -0.0240. The fraction of sp³-hybridized carbons (Fsp3) is 0.250. The summed E-state index contributed by atoms with van der Waals surface area (Å²) in [6.45, 7) is 7.64. The quantitative estimate of drug-likeness (QED) is 0.455. The molecule has 0 spiro atoms. The minimum Gasteiger partial charge on any atom is -0.466 e. The number of furan rings is 1. The van der Waals surface area contributed by atoms with Crippen LogP contribution in [0.2, 0.25) is 0 Å². The molecule has 1 atom stereocenters. The SMILES string of the molecule is Cc1cc(-c2cc(C(=O)OC(C(N)=O)c3ccccc3)c3cnn(C(C)C)c3n2)c(C)o1. The van der Waals surface area contributed by atoms with Crippen LogP contribution in [-0.2, 0) is 9.53 Å². The summed E-state index contributed by atoms with van der Waals surface area (Å²) in [4.78, 5) is 30.1. The largest absolute Gasteiger partial charge is 0.466 e. The highest BCUT2D eigenvalue weighted by molar-refractivity contribution is 6.04. The number of hydrogen-bond donors (Lipinski definition) is 1. The molecule has 8 heteroatoms. The third-order valence-corrected chi connectivity index (χ3v) is 5.18. The van der Waals surface area contributed by atoms with E-state index in [-0.39, 0.29) is 11.6 Å². The topological polar surface area (TPSA) is 113 Å². The Balaban J connectivity index is 1.84. The second-order valence-electron chi connectivity index (χ2n) is 7.90. The lowest BCUT2D eigenvalue weighted by atomic mass is 10.1. The molecule has 2 N–H and O–H groups in total. The fourth-order valence-electron chi connectivity index (χ4n) is 3.68. The van der Waals surface area contributed by atoms with E-state index in [4.69, 9.17) is 19.9 Å². The molecule has 0 aliphatic rings. The van der Waals surface area contributed by atoms with Gasteiger partial charge in [0.15, 0.2) is 5.65 Å². The molecule has 3 heterocycles. The number of carbonyl (C=O) groups is 2. The fourth-order valence-corrected chi connectivity index (χ4v) is 3.68. The van der Waals surface area contributed by atoms with Gasteiger partial charge in [-0.3, -0.25) is 4.79 Å². The number of primary amides is 1. The van der Waals surface area contributed by atoms with Crippen molar-refractivity contribution in [2.24, 2.45) is 5.73 Å². The average Bonchev–Trinajstić information content (AvgIpc) is 3.34. The van der Waals surface area contributed by atoms with Crippen LogP contribution in [-0.4, -0.2) is 26.6 Å². The smallest absolute Gasteiger partial charge is 0.340 e. The van der Waals surface area contributed by atoms with Gasteiger partial charge in [0.2, 0.25) is 6.10 Å². The molecule has 0 saturated heterocycles. The summed E-state index contributed by atoms with van der Waals surface area (Å²) in [5, 5.41) is 4.93. The molecule has 1 aromatic carbocycles. The van der Waals surface area contributed by atoms with Gasteiger partial charge < -0.3 is 14.9 Å². The lowest BCUT2D eigenvalue weighted by Crippen LogP contribution is -2.26. The van der Waals surface area contributed by atoms with Gasteiger partial charge in [0, 0.05) is 17.2 Å². The average molecular weight is 432 g/mol. The minimum atomic E-state index is -1.21. The van der Waals surface area contributed by atoms with Gasteiger partial charge in [0.25, 0.3) is 5.91 Å². The number of fused-ring (bicyclic) bond motifs is 1. The number of carbonyl (C=O) groups excluding carboxylic acids is 2. The van der Waals surface area contributed by atoms with Crippen molar-refractivity contribution in [2.45, 2.75) is 39.8 Å². The molecule has 0 saturated carbocycles. The molecule has 0 radical (unpaired) electrons. The summed E-state index contributed by atoms with van der Waals surface area (Å²) in [5.41, 5.74) is 8.14. The maximum absolute atomic E-state index is 13.3. The van der Waals surface area contributed by atoms with Gasteiger partial charge in [-0.2, -0.15) is 5.10 Å². The third-order valence-electron chi connectivity index (χ3n) is 5.18. The van der Waals surface area contributed by atoms with Gasteiger partial charge in [-0.1, -0.05) is 30.3 Å². The highest BCUT2D eigenvalue weighted by atomic mass is 16.5. The first-order chi connectivity index (χ1) is 15.3. The lowest BCUT2D eigenvalue weighted by Gasteiger charge is -2.16. The van der Waals surface area contributed by atoms with Crippen molar-refractivity contribution >= 4 is 22.9 Å². The van der Waals surface area contributed by atoms with Crippen molar-refractivity contribution in [1.29, 1.82) is 0 Å². The number of nitrogens with zero attached hydrogens (tertiary/aromatic N) is 3. The monoisotopic (exact) mass is 432 g/mol. The van der Waals surface area contributed by atoms with Crippen molar-refractivity contribution in [3.05, 3.63) is 71.3 Å². The maximum Gasteiger partial charge on any atom is 0.340 e. The first-order valence-electron chi connectivity index (χ1n) is 10.3. The number of amides is 1. The molecular weight excluding hydrogens is 408 g/mol. The Hall–Kier alpha value is -3.94. The lowest BCUT2D eigenvalue weighted by molar-refractivity contribution is -0.127. The highest BCUT2D eigenvalue weighted by Gasteiger charge is 2.26. The molecule has 32 heavy (non-hydrogen) atoms. The van der Waals surface area contributed by atoms with Gasteiger partial charge in [-0.05, 0) is 39.8 Å². The van der Waals surface area contributed by atoms with E-state index in [1.165, 1.54) is 0 Å². The molecule has 0 fully saturated rings. The predicted molar refractivity (Wildman–Crippen MR) is 119 cm³/mol. The molecule has 0 aliphatic carbocycles. The van der Waals surface area contributed by atoms with Crippen LogP contribution in [0.25, 0.3) is 22.3 Å². The van der Waals surface area contributed by atoms with Gasteiger partial charge in [0.05, 0.1) is 22.8 Å². The van der Waals surface area contributed by atoms with E-state index < -0.39 is 18.0 Å². The van der Waals surface area contributed by atoms with Crippen LogP contribution in [0.1, 0.15) is 53.4 Å². The van der Waals surface area contributed by atoms with Gasteiger partial charge in [-0.25, -0.2) is 14.5 Å². The van der Waals surface area contributed by atoms with Crippen molar-refractivity contribution in [1.82, 2.24) is 14.8 Å². The zero-order chi connectivity index (χ0) is 23.0. The first kappa shape index (κ1) is 21.3. The third kappa shape index (κ3) is 3.87. The number of hydrogen-bond acceptors (Lipinski definition) is 6. The number of ether oxygens (including phenoxy) is 1. The molecule has 1 amide bonds. The van der Waals surface area contributed by atoms with Crippen molar-refractivity contribution in [3.8, 4) is 11.3 Å².